The molecule has 2 heterocycles. The van der Waals surface area contributed by atoms with Crippen molar-refractivity contribution in [3.8, 4) is 0 Å². The zero-order valence-electron chi connectivity index (χ0n) is 13.2. The minimum Gasteiger partial charge on any atom is -0.338 e. The first-order valence-electron chi connectivity index (χ1n) is 7.63. The van der Waals surface area contributed by atoms with E-state index < -0.39 is 0 Å². The number of aromatic nitrogens is 2. The Labute approximate surface area is 140 Å². The number of amides is 1. The van der Waals surface area contributed by atoms with Gasteiger partial charge in [-0.2, -0.15) is 4.98 Å². The second kappa shape index (κ2) is 6.68. The summed E-state index contributed by atoms with van der Waals surface area (Å²) in [5, 5.41) is 4.47. The number of benzene rings is 1. The van der Waals surface area contributed by atoms with Gasteiger partial charge in [-0.3, -0.25) is 9.69 Å². The van der Waals surface area contributed by atoms with E-state index in [4.69, 9.17) is 16.1 Å². The maximum absolute atomic E-state index is 12.5. The largest absolute Gasteiger partial charge is 0.338 e. The molecule has 7 heteroatoms. The number of hydrogen-bond donors (Lipinski definition) is 0. The number of nitrogens with zero attached hydrogens (tertiary/aromatic N) is 4. The first-order chi connectivity index (χ1) is 11.0. The summed E-state index contributed by atoms with van der Waals surface area (Å²) in [6.45, 7) is 6.77. The van der Waals surface area contributed by atoms with Crippen molar-refractivity contribution in [2.75, 3.05) is 26.2 Å². The highest BCUT2D eigenvalue weighted by atomic mass is 35.5. The highest BCUT2D eigenvalue weighted by molar-refractivity contribution is 6.30. The number of halogens is 1. The Morgan fingerprint density at radius 1 is 1.22 bits per heavy atom. The number of hydrogen-bond acceptors (Lipinski definition) is 5. The molecule has 0 N–H and O–H groups in total. The number of carbonyl (C=O) groups excluding carboxylic acids is 1. The molecule has 1 aliphatic rings. The molecule has 2 aromatic rings. The van der Waals surface area contributed by atoms with E-state index in [0.29, 0.717) is 35.4 Å². The summed E-state index contributed by atoms with van der Waals surface area (Å²) >= 11 is 5.86. The van der Waals surface area contributed by atoms with E-state index in [1.54, 1.807) is 24.3 Å². The van der Waals surface area contributed by atoms with Crippen molar-refractivity contribution in [2.24, 2.45) is 0 Å². The molecule has 1 aromatic heterocycles. The van der Waals surface area contributed by atoms with E-state index in [9.17, 15) is 4.79 Å². The molecule has 0 bridgehead atoms. The van der Waals surface area contributed by atoms with Crippen molar-refractivity contribution < 1.29 is 9.32 Å². The van der Waals surface area contributed by atoms with Crippen LogP contribution in [0.15, 0.2) is 28.8 Å². The van der Waals surface area contributed by atoms with E-state index in [-0.39, 0.29) is 11.9 Å². The van der Waals surface area contributed by atoms with Gasteiger partial charge in [-0.05, 0) is 38.1 Å². The first kappa shape index (κ1) is 16.0. The predicted octanol–water partition coefficient (Wildman–Crippen LogP) is 2.55. The van der Waals surface area contributed by atoms with Crippen LogP contribution >= 0.6 is 11.6 Å². The normalized spacial score (nSPS) is 17.3. The molecular formula is C16H19ClN4O2. The fourth-order valence-electron chi connectivity index (χ4n) is 2.73. The monoisotopic (exact) mass is 334 g/mol. The summed E-state index contributed by atoms with van der Waals surface area (Å²) in [5.41, 5.74) is 0.670. The van der Waals surface area contributed by atoms with Gasteiger partial charge in [-0.1, -0.05) is 16.8 Å². The summed E-state index contributed by atoms with van der Waals surface area (Å²) in [6.07, 6.45) is 0. The highest BCUT2D eigenvalue weighted by Gasteiger charge is 2.27. The molecule has 23 heavy (non-hydrogen) atoms. The zero-order chi connectivity index (χ0) is 16.4. The fraction of sp³-hybridized carbons (Fsp3) is 0.438. The first-order valence-corrected chi connectivity index (χ1v) is 8.01. The molecule has 3 rings (SSSR count). The maximum atomic E-state index is 12.5. The Morgan fingerprint density at radius 2 is 1.87 bits per heavy atom. The van der Waals surface area contributed by atoms with Gasteiger partial charge in [0.25, 0.3) is 5.91 Å². The third-order valence-electron chi connectivity index (χ3n) is 4.14. The van der Waals surface area contributed by atoms with Gasteiger partial charge < -0.3 is 9.42 Å². The second-order valence-electron chi connectivity index (χ2n) is 5.69. The Balaban J connectivity index is 1.59. The average molecular weight is 335 g/mol. The van der Waals surface area contributed by atoms with Crippen molar-refractivity contribution in [1.29, 1.82) is 0 Å². The minimum absolute atomic E-state index is 0.0441. The Bertz CT molecular complexity index is 678. The molecular weight excluding hydrogens is 316 g/mol. The molecule has 6 nitrogen and oxygen atoms in total. The van der Waals surface area contributed by atoms with Crippen LogP contribution in [0.5, 0.6) is 0 Å². The van der Waals surface area contributed by atoms with Crippen LogP contribution in [-0.4, -0.2) is 52.0 Å². The summed E-state index contributed by atoms with van der Waals surface area (Å²) in [4.78, 5) is 20.9. The number of rotatable bonds is 3. The molecule has 1 atom stereocenters. The van der Waals surface area contributed by atoms with Gasteiger partial charge in [0.1, 0.15) is 0 Å². The molecule has 1 saturated heterocycles. The van der Waals surface area contributed by atoms with Gasteiger partial charge in [-0.25, -0.2) is 0 Å². The summed E-state index contributed by atoms with van der Waals surface area (Å²) in [6, 6.07) is 7.07. The van der Waals surface area contributed by atoms with Crippen molar-refractivity contribution in [1.82, 2.24) is 19.9 Å². The lowest BCUT2D eigenvalue weighted by molar-refractivity contribution is 0.0551. The van der Waals surface area contributed by atoms with Crippen molar-refractivity contribution >= 4 is 17.5 Å². The molecule has 0 radical (unpaired) electrons. The molecule has 1 fully saturated rings. The van der Waals surface area contributed by atoms with E-state index in [1.807, 2.05) is 18.7 Å². The topological polar surface area (TPSA) is 62.5 Å². The Hall–Kier alpha value is -1.92. The predicted molar refractivity (Wildman–Crippen MR) is 86.4 cm³/mol. The molecule has 0 spiro atoms. The number of carbonyl (C=O) groups is 1. The summed E-state index contributed by atoms with van der Waals surface area (Å²) in [5.74, 6) is 1.31. The SMILES string of the molecule is Cc1noc(C(C)N2CCN(C(=O)c3ccc(Cl)cc3)CC2)n1. The fourth-order valence-corrected chi connectivity index (χ4v) is 2.85. The van der Waals surface area contributed by atoms with Crippen LogP contribution < -0.4 is 0 Å². The van der Waals surface area contributed by atoms with E-state index >= 15 is 0 Å². The van der Waals surface area contributed by atoms with E-state index in [0.717, 1.165) is 13.1 Å². The van der Waals surface area contributed by atoms with Crippen LogP contribution in [-0.2, 0) is 0 Å². The van der Waals surface area contributed by atoms with Crippen LogP contribution in [0, 0.1) is 6.92 Å². The molecule has 1 unspecified atom stereocenters. The summed E-state index contributed by atoms with van der Waals surface area (Å²) in [7, 11) is 0. The second-order valence-corrected chi connectivity index (χ2v) is 6.13. The standard InChI is InChI=1S/C16H19ClN4O2/c1-11(15-18-12(2)19-23-15)20-7-9-21(10-8-20)16(22)13-3-5-14(17)6-4-13/h3-6,11H,7-10H2,1-2H3. The van der Waals surface area contributed by atoms with Gasteiger partial charge in [0.05, 0.1) is 6.04 Å². The number of aryl methyl sites for hydroxylation is 1. The quantitative estimate of drug-likeness (QED) is 0.863. The lowest BCUT2D eigenvalue weighted by atomic mass is 10.1. The van der Waals surface area contributed by atoms with Gasteiger partial charge in [0.2, 0.25) is 5.89 Å². The molecule has 0 saturated carbocycles. The van der Waals surface area contributed by atoms with Gasteiger partial charge in [-0.15, -0.1) is 0 Å². The minimum atomic E-state index is 0.0441. The van der Waals surface area contributed by atoms with Crippen molar-refractivity contribution in [3.05, 3.63) is 46.6 Å². The van der Waals surface area contributed by atoms with E-state index in [2.05, 4.69) is 15.0 Å². The highest BCUT2D eigenvalue weighted by Crippen LogP contribution is 2.21. The van der Waals surface area contributed by atoms with Gasteiger partial charge in [0, 0.05) is 36.8 Å². The third-order valence-corrected chi connectivity index (χ3v) is 4.39. The maximum Gasteiger partial charge on any atom is 0.253 e. The molecule has 1 aliphatic heterocycles. The van der Waals surface area contributed by atoms with E-state index in [1.165, 1.54) is 0 Å². The van der Waals surface area contributed by atoms with Gasteiger partial charge in [0.15, 0.2) is 5.82 Å². The zero-order valence-corrected chi connectivity index (χ0v) is 14.0. The van der Waals surface area contributed by atoms with Crippen LogP contribution in [0.25, 0.3) is 0 Å². The van der Waals surface area contributed by atoms with Crippen LogP contribution in [0.1, 0.15) is 35.0 Å². The molecule has 122 valence electrons. The van der Waals surface area contributed by atoms with Crippen molar-refractivity contribution in [2.45, 2.75) is 19.9 Å². The molecule has 1 amide bonds. The van der Waals surface area contributed by atoms with Crippen LogP contribution in [0.4, 0.5) is 0 Å². The summed E-state index contributed by atoms with van der Waals surface area (Å²) < 4.78 is 5.24. The average Bonchev–Trinajstić information content (AvgIpc) is 3.01. The smallest absolute Gasteiger partial charge is 0.253 e. The Kier molecular flexibility index (Phi) is 4.63. The molecule has 1 aromatic carbocycles. The van der Waals surface area contributed by atoms with Crippen molar-refractivity contribution in [3.63, 3.8) is 0 Å². The Morgan fingerprint density at radius 3 is 2.43 bits per heavy atom. The van der Waals surface area contributed by atoms with Crippen LogP contribution in [0.3, 0.4) is 0 Å². The number of piperazine rings is 1. The van der Waals surface area contributed by atoms with Gasteiger partial charge >= 0.3 is 0 Å². The third kappa shape index (κ3) is 3.54. The van der Waals surface area contributed by atoms with Crippen LogP contribution in [0.2, 0.25) is 5.02 Å². The molecule has 0 aliphatic carbocycles. The lowest BCUT2D eigenvalue weighted by Gasteiger charge is -2.36. The lowest BCUT2D eigenvalue weighted by Crippen LogP contribution is -2.49.